The molecule has 7 heteroatoms. The lowest BCUT2D eigenvalue weighted by Gasteiger charge is -2.34. The first-order valence-electron chi connectivity index (χ1n) is 6.49. The van der Waals surface area contributed by atoms with E-state index in [1.165, 1.54) is 18.7 Å². The SMILES string of the molecule is CC(NC(=O)C(C)(C)C)C(=O)N1CC(=O)NC(=O)C1C. The Morgan fingerprint density at radius 1 is 1.35 bits per heavy atom. The summed E-state index contributed by atoms with van der Waals surface area (Å²) in [4.78, 5) is 48.1. The van der Waals surface area contributed by atoms with Gasteiger partial charge in [-0.25, -0.2) is 0 Å². The smallest absolute Gasteiger partial charge is 0.249 e. The molecular weight excluding hydrogens is 262 g/mol. The van der Waals surface area contributed by atoms with E-state index in [0.717, 1.165) is 0 Å². The number of carbonyl (C=O) groups excluding carboxylic acids is 4. The predicted molar refractivity (Wildman–Crippen MR) is 71.4 cm³/mol. The van der Waals surface area contributed by atoms with Crippen LogP contribution in [-0.2, 0) is 19.2 Å². The number of hydrogen-bond donors (Lipinski definition) is 2. The number of amides is 4. The van der Waals surface area contributed by atoms with Crippen LogP contribution >= 0.6 is 0 Å². The van der Waals surface area contributed by atoms with Gasteiger partial charge in [0.2, 0.25) is 23.6 Å². The van der Waals surface area contributed by atoms with Crippen LogP contribution in [0.25, 0.3) is 0 Å². The van der Waals surface area contributed by atoms with E-state index in [4.69, 9.17) is 0 Å². The zero-order valence-corrected chi connectivity index (χ0v) is 12.4. The molecule has 4 amide bonds. The van der Waals surface area contributed by atoms with E-state index in [-0.39, 0.29) is 12.5 Å². The van der Waals surface area contributed by atoms with E-state index < -0.39 is 35.2 Å². The summed E-state index contributed by atoms with van der Waals surface area (Å²) in [6.45, 7) is 8.11. The van der Waals surface area contributed by atoms with Crippen molar-refractivity contribution in [2.75, 3.05) is 6.54 Å². The van der Waals surface area contributed by atoms with Crippen LogP contribution in [0.5, 0.6) is 0 Å². The number of carbonyl (C=O) groups is 4. The van der Waals surface area contributed by atoms with Gasteiger partial charge in [0.25, 0.3) is 0 Å². The highest BCUT2D eigenvalue weighted by molar-refractivity contribution is 6.05. The molecule has 1 aliphatic heterocycles. The predicted octanol–water partition coefficient (Wildman–Crippen LogP) is -0.589. The van der Waals surface area contributed by atoms with Crippen molar-refractivity contribution in [1.29, 1.82) is 0 Å². The largest absolute Gasteiger partial charge is 0.344 e. The first-order valence-corrected chi connectivity index (χ1v) is 6.49. The van der Waals surface area contributed by atoms with Gasteiger partial charge in [0.05, 0.1) is 0 Å². The number of imide groups is 1. The van der Waals surface area contributed by atoms with Crippen molar-refractivity contribution in [2.24, 2.45) is 5.41 Å². The number of nitrogens with zero attached hydrogens (tertiary/aromatic N) is 1. The lowest BCUT2D eigenvalue weighted by atomic mass is 9.95. The van der Waals surface area contributed by atoms with Crippen LogP contribution in [0.1, 0.15) is 34.6 Å². The molecule has 2 unspecified atom stereocenters. The van der Waals surface area contributed by atoms with Crippen molar-refractivity contribution in [3.05, 3.63) is 0 Å². The van der Waals surface area contributed by atoms with Gasteiger partial charge in [-0.2, -0.15) is 0 Å². The molecule has 0 saturated carbocycles. The van der Waals surface area contributed by atoms with Crippen molar-refractivity contribution in [3.8, 4) is 0 Å². The molecule has 20 heavy (non-hydrogen) atoms. The number of rotatable bonds is 2. The number of piperazine rings is 1. The molecular formula is C13H21N3O4. The Balaban J connectivity index is 2.76. The van der Waals surface area contributed by atoms with Gasteiger partial charge in [-0.1, -0.05) is 20.8 Å². The van der Waals surface area contributed by atoms with Crippen molar-refractivity contribution >= 4 is 23.6 Å². The van der Waals surface area contributed by atoms with E-state index in [2.05, 4.69) is 10.6 Å². The van der Waals surface area contributed by atoms with Crippen LogP contribution < -0.4 is 10.6 Å². The summed E-state index contributed by atoms with van der Waals surface area (Å²) in [6, 6.07) is -1.52. The molecule has 0 aromatic carbocycles. The third-order valence-electron chi connectivity index (χ3n) is 3.11. The zero-order valence-electron chi connectivity index (χ0n) is 12.4. The molecule has 0 aromatic heterocycles. The van der Waals surface area contributed by atoms with Crippen LogP contribution in [0.3, 0.4) is 0 Å². The minimum Gasteiger partial charge on any atom is -0.344 e. The normalized spacial score (nSPS) is 21.2. The fourth-order valence-corrected chi connectivity index (χ4v) is 1.71. The zero-order chi connectivity index (χ0) is 15.7. The third-order valence-corrected chi connectivity index (χ3v) is 3.11. The van der Waals surface area contributed by atoms with E-state index >= 15 is 0 Å². The molecule has 0 aromatic rings. The van der Waals surface area contributed by atoms with E-state index in [1.54, 1.807) is 20.8 Å². The van der Waals surface area contributed by atoms with Crippen LogP contribution in [0, 0.1) is 5.41 Å². The highest BCUT2D eigenvalue weighted by Crippen LogP contribution is 2.14. The maximum absolute atomic E-state index is 12.2. The number of nitrogens with one attached hydrogen (secondary N) is 2. The molecule has 2 N–H and O–H groups in total. The quantitative estimate of drug-likeness (QED) is 0.662. The standard InChI is InChI=1S/C13H21N3O4/c1-7(14-12(20)13(3,4)5)11(19)16-6-9(17)15-10(18)8(16)2/h7-8H,6H2,1-5H3,(H,14,20)(H,15,17,18). The number of hydrogen-bond acceptors (Lipinski definition) is 4. The van der Waals surface area contributed by atoms with Crippen molar-refractivity contribution in [2.45, 2.75) is 46.7 Å². The minimum atomic E-state index is -0.789. The molecule has 112 valence electrons. The van der Waals surface area contributed by atoms with Gasteiger partial charge >= 0.3 is 0 Å². The minimum absolute atomic E-state index is 0.179. The van der Waals surface area contributed by atoms with Crippen molar-refractivity contribution in [1.82, 2.24) is 15.5 Å². The van der Waals surface area contributed by atoms with Gasteiger partial charge in [-0.05, 0) is 13.8 Å². The molecule has 0 radical (unpaired) electrons. The highest BCUT2D eigenvalue weighted by Gasteiger charge is 2.36. The Morgan fingerprint density at radius 2 is 1.90 bits per heavy atom. The molecule has 1 heterocycles. The van der Waals surface area contributed by atoms with Gasteiger partial charge in [0.15, 0.2) is 0 Å². The molecule has 1 saturated heterocycles. The van der Waals surface area contributed by atoms with Crippen molar-refractivity contribution in [3.63, 3.8) is 0 Å². The summed E-state index contributed by atoms with van der Waals surface area (Å²) >= 11 is 0. The van der Waals surface area contributed by atoms with Gasteiger partial charge in [0.1, 0.15) is 18.6 Å². The van der Waals surface area contributed by atoms with Crippen LogP contribution in [0.15, 0.2) is 0 Å². The van der Waals surface area contributed by atoms with Crippen molar-refractivity contribution < 1.29 is 19.2 Å². The Labute approximate surface area is 118 Å². The molecule has 0 aliphatic carbocycles. The maximum Gasteiger partial charge on any atom is 0.249 e. The lowest BCUT2D eigenvalue weighted by Crippen LogP contribution is -2.62. The molecule has 1 fully saturated rings. The van der Waals surface area contributed by atoms with E-state index in [1.807, 2.05) is 0 Å². The van der Waals surface area contributed by atoms with Crippen LogP contribution in [0.4, 0.5) is 0 Å². The second-order valence-electron chi connectivity index (χ2n) is 6.00. The first kappa shape index (κ1) is 16.1. The Bertz CT molecular complexity index is 453. The molecule has 1 aliphatic rings. The highest BCUT2D eigenvalue weighted by atomic mass is 16.2. The fraction of sp³-hybridized carbons (Fsp3) is 0.692. The molecule has 0 spiro atoms. The molecule has 2 atom stereocenters. The van der Waals surface area contributed by atoms with Crippen LogP contribution in [0.2, 0.25) is 0 Å². The Hall–Kier alpha value is -1.92. The van der Waals surface area contributed by atoms with Gasteiger partial charge < -0.3 is 10.2 Å². The lowest BCUT2D eigenvalue weighted by molar-refractivity contribution is -0.150. The van der Waals surface area contributed by atoms with Gasteiger partial charge in [-0.3, -0.25) is 24.5 Å². The Kier molecular flexibility index (Phi) is 4.52. The molecule has 0 bridgehead atoms. The summed E-state index contributed by atoms with van der Waals surface area (Å²) in [5.74, 6) is -1.74. The second kappa shape index (κ2) is 5.60. The summed E-state index contributed by atoms with van der Waals surface area (Å²) < 4.78 is 0. The van der Waals surface area contributed by atoms with Gasteiger partial charge in [-0.15, -0.1) is 0 Å². The van der Waals surface area contributed by atoms with E-state index in [9.17, 15) is 19.2 Å². The van der Waals surface area contributed by atoms with Crippen LogP contribution in [-0.4, -0.2) is 47.2 Å². The summed E-state index contributed by atoms with van der Waals surface area (Å²) in [6.07, 6.45) is 0. The summed E-state index contributed by atoms with van der Waals surface area (Å²) in [5, 5.41) is 4.75. The topological polar surface area (TPSA) is 95.6 Å². The second-order valence-corrected chi connectivity index (χ2v) is 6.00. The monoisotopic (exact) mass is 283 g/mol. The third kappa shape index (κ3) is 3.55. The molecule has 7 nitrogen and oxygen atoms in total. The van der Waals surface area contributed by atoms with E-state index in [0.29, 0.717) is 0 Å². The average Bonchev–Trinajstić information content (AvgIpc) is 2.31. The van der Waals surface area contributed by atoms with Gasteiger partial charge in [0, 0.05) is 5.41 Å². The first-order chi connectivity index (χ1) is 9.04. The summed E-state index contributed by atoms with van der Waals surface area (Å²) in [5.41, 5.74) is -0.616. The average molecular weight is 283 g/mol. The Morgan fingerprint density at radius 3 is 2.40 bits per heavy atom. The summed E-state index contributed by atoms with van der Waals surface area (Å²) in [7, 11) is 0. The molecule has 1 rings (SSSR count). The maximum atomic E-state index is 12.2. The fourth-order valence-electron chi connectivity index (χ4n) is 1.71.